The summed E-state index contributed by atoms with van der Waals surface area (Å²) in [4.78, 5) is 16.9. The van der Waals surface area contributed by atoms with Crippen LogP contribution in [0.15, 0.2) is 34.1 Å². The number of fused-ring (bicyclic) bond motifs is 1. The second-order valence-corrected chi connectivity index (χ2v) is 7.39. The number of hydrogen-bond donors (Lipinski definition) is 2. The van der Waals surface area contributed by atoms with Crippen LogP contribution in [-0.2, 0) is 19.5 Å². The summed E-state index contributed by atoms with van der Waals surface area (Å²) in [6, 6.07) is 6.35. The summed E-state index contributed by atoms with van der Waals surface area (Å²) in [5.41, 5.74) is -0.00982. The van der Waals surface area contributed by atoms with Gasteiger partial charge in [-0.25, -0.2) is 18.9 Å². The molecule has 1 aromatic heterocycles. The van der Waals surface area contributed by atoms with Gasteiger partial charge in [0.15, 0.2) is 17.5 Å². The molecule has 1 aromatic carbocycles. The van der Waals surface area contributed by atoms with Crippen LogP contribution < -0.4 is 21.1 Å². The van der Waals surface area contributed by atoms with Gasteiger partial charge in [0.1, 0.15) is 11.9 Å². The van der Waals surface area contributed by atoms with Crippen LogP contribution in [0.4, 0.5) is 4.39 Å². The number of nitrogens with one attached hydrogen (secondary N) is 2. The number of aromatic nitrogens is 3. The zero-order chi connectivity index (χ0) is 21.3. The molecular formula is C21H32FIN6O2. The van der Waals surface area contributed by atoms with E-state index in [0.717, 1.165) is 44.6 Å². The highest BCUT2D eigenvalue weighted by Crippen LogP contribution is 2.17. The Balaban J connectivity index is 0.00000341. The van der Waals surface area contributed by atoms with E-state index in [9.17, 15) is 9.18 Å². The summed E-state index contributed by atoms with van der Waals surface area (Å²) >= 11 is 0. The molecule has 2 aromatic rings. The number of nitrogens with zero attached hydrogens (tertiary/aromatic N) is 4. The molecule has 1 aliphatic heterocycles. The minimum absolute atomic E-state index is 0. The average Bonchev–Trinajstić information content (AvgIpc) is 3.07. The van der Waals surface area contributed by atoms with Gasteiger partial charge < -0.3 is 15.4 Å². The van der Waals surface area contributed by atoms with E-state index in [1.54, 1.807) is 27.4 Å². The van der Waals surface area contributed by atoms with Crippen LogP contribution in [0, 0.1) is 5.82 Å². The van der Waals surface area contributed by atoms with Crippen LogP contribution >= 0.6 is 24.0 Å². The fourth-order valence-corrected chi connectivity index (χ4v) is 3.39. The molecule has 0 saturated carbocycles. The lowest BCUT2D eigenvalue weighted by Gasteiger charge is -2.15. The zero-order valence-electron chi connectivity index (χ0n) is 18.1. The highest BCUT2D eigenvalue weighted by atomic mass is 127. The van der Waals surface area contributed by atoms with Gasteiger partial charge in [-0.05, 0) is 45.2 Å². The normalized spacial score (nSPS) is 14.4. The van der Waals surface area contributed by atoms with Crippen LogP contribution in [0.5, 0.6) is 5.75 Å². The number of guanidine groups is 1. The Morgan fingerprint density at radius 2 is 2.13 bits per heavy atom. The van der Waals surface area contributed by atoms with Crippen LogP contribution in [0.3, 0.4) is 0 Å². The first-order valence-corrected chi connectivity index (χ1v) is 10.7. The highest BCUT2D eigenvalue weighted by Gasteiger charge is 2.16. The first kappa shape index (κ1) is 25.2. The van der Waals surface area contributed by atoms with E-state index in [2.05, 4.69) is 20.7 Å². The fourth-order valence-electron chi connectivity index (χ4n) is 3.39. The predicted octanol–water partition coefficient (Wildman–Crippen LogP) is 2.55. The lowest BCUT2D eigenvalue weighted by molar-refractivity contribution is 0.220. The molecule has 3 rings (SSSR count). The Morgan fingerprint density at radius 3 is 2.87 bits per heavy atom. The number of aliphatic imine (C=N–C) groups is 1. The maximum Gasteiger partial charge on any atom is 0.345 e. The molecule has 2 heterocycles. The van der Waals surface area contributed by atoms with Crippen LogP contribution in [0.2, 0.25) is 0 Å². The topological polar surface area (TPSA) is 85.5 Å². The van der Waals surface area contributed by atoms with Gasteiger partial charge in [-0.1, -0.05) is 12.1 Å². The summed E-state index contributed by atoms with van der Waals surface area (Å²) in [6.07, 6.45) is 3.50. The summed E-state index contributed by atoms with van der Waals surface area (Å²) in [6.45, 7) is 6.95. The average molecular weight is 546 g/mol. The Kier molecular flexibility index (Phi) is 10.3. The van der Waals surface area contributed by atoms with Crippen molar-refractivity contribution < 1.29 is 9.13 Å². The molecule has 172 valence electrons. The van der Waals surface area contributed by atoms with E-state index in [4.69, 9.17) is 4.74 Å². The first-order chi connectivity index (χ1) is 14.6. The summed E-state index contributed by atoms with van der Waals surface area (Å²) in [7, 11) is 0. The lowest BCUT2D eigenvalue weighted by atomic mass is 10.2. The molecule has 1 unspecified atom stereocenters. The van der Waals surface area contributed by atoms with Gasteiger partial charge in [-0.2, -0.15) is 5.10 Å². The third-order valence-electron chi connectivity index (χ3n) is 4.89. The van der Waals surface area contributed by atoms with Gasteiger partial charge in [0, 0.05) is 32.6 Å². The van der Waals surface area contributed by atoms with Gasteiger partial charge >= 0.3 is 5.69 Å². The van der Waals surface area contributed by atoms with Crippen LogP contribution in [-0.4, -0.2) is 46.0 Å². The Morgan fingerprint density at radius 1 is 1.32 bits per heavy atom. The SMILES string of the molecule is CCNC(=NCC(C)Oc1ccccc1F)NCCCn1nc2n(c1=O)CCCC2.I. The number of rotatable bonds is 9. The summed E-state index contributed by atoms with van der Waals surface area (Å²) < 4.78 is 22.7. The number of hydrogen-bond acceptors (Lipinski definition) is 4. The van der Waals surface area contributed by atoms with E-state index in [1.165, 1.54) is 6.07 Å². The fraction of sp³-hybridized carbons (Fsp3) is 0.571. The summed E-state index contributed by atoms with van der Waals surface area (Å²) in [5.74, 6) is 1.41. The standard InChI is InChI=1S/C21H31FN6O2.HI/c1-3-23-20(25-15-16(2)30-18-10-5-4-9-17(18)22)24-12-8-14-28-21(29)27-13-7-6-11-19(27)26-28;/h4-5,9-10,16H,3,6-8,11-15H2,1-2H3,(H2,23,24,25);1H. The van der Waals surface area contributed by atoms with Crippen molar-refractivity contribution in [3.8, 4) is 5.75 Å². The van der Waals surface area contributed by atoms with Crippen molar-refractivity contribution in [1.82, 2.24) is 25.0 Å². The number of para-hydroxylation sites is 1. The molecule has 31 heavy (non-hydrogen) atoms. The Bertz CT molecular complexity index is 914. The van der Waals surface area contributed by atoms with E-state index >= 15 is 0 Å². The maximum atomic E-state index is 13.7. The molecule has 0 saturated heterocycles. The lowest BCUT2D eigenvalue weighted by Crippen LogP contribution is -2.39. The van der Waals surface area contributed by atoms with Crippen LogP contribution in [0.1, 0.15) is 38.9 Å². The van der Waals surface area contributed by atoms with Gasteiger partial charge in [0.05, 0.1) is 6.54 Å². The maximum absolute atomic E-state index is 13.7. The van der Waals surface area contributed by atoms with E-state index < -0.39 is 0 Å². The molecule has 1 atom stereocenters. The molecule has 0 aliphatic carbocycles. The molecule has 0 amide bonds. The third kappa shape index (κ3) is 7.22. The monoisotopic (exact) mass is 546 g/mol. The van der Waals surface area contributed by atoms with Crippen molar-refractivity contribution in [2.24, 2.45) is 4.99 Å². The molecule has 10 heteroatoms. The van der Waals surface area contributed by atoms with E-state index in [0.29, 0.717) is 25.6 Å². The van der Waals surface area contributed by atoms with Crippen molar-refractivity contribution in [1.29, 1.82) is 0 Å². The number of halogens is 2. The smallest absolute Gasteiger partial charge is 0.345 e. The van der Waals surface area contributed by atoms with Gasteiger partial charge in [-0.3, -0.25) is 4.57 Å². The van der Waals surface area contributed by atoms with E-state index in [1.807, 2.05) is 13.8 Å². The van der Waals surface area contributed by atoms with Crippen molar-refractivity contribution >= 4 is 29.9 Å². The van der Waals surface area contributed by atoms with Crippen molar-refractivity contribution in [3.63, 3.8) is 0 Å². The van der Waals surface area contributed by atoms with Crippen molar-refractivity contribution in [2.75, 3.05) is 19.6 Å². The zero-order valence-corrected chi connectivity index (χ0v) is 20.5. The van der Waals surface area contributed by atoms with Crippen molar-refractivity contribution in [2.45, 2.75) is 58.7 Å². The molecule has 0 radical (unpaired) electrons. The van der Waals surface area contributed by atoms with Crippen molar-refractivity contribution in [3.05, 3.63) is 46.4 Å². The second kappa shape index (κ2) is 12.7. The molecule has 0 spiro atoms. The Labute approximate surface area is 199 Å². The number of ether oxygens (including phenoxy) is 1. The molecule has 0 bridgehead atoms. The first-order valence-electron chi connectivity index (χ1n) is 10.7. The second-order valence-electron chi connectivity index (χ2n) is 7.39. The third-order valence-corrected chi connectivity index (χ3v) is 4.89. The largest absolute Gasteiger partial charge is 0.486 e. The van der Waals surface area contributed by atoms with Gasteiger partial charge in [-0.15, -0.1) is 24.0 Å². The number of aryl methyl sites for hydroxylation is 2. The Hall–Kier alpha value is -2.11. The predicted molar refractivity (Wildman–Crippen MR) is 130 cm³/mol. The minimum Gasteiger partial charge on any atom is -0.486 e. The molecule has 1 aliphatic rings. The molecule has 8 nitrogen and oxygen atoms in total. The molecule has 2 N–H and O–H groups in total. The quantitative estimate of drug-likeness (QED) is 0.219. The van der Waals surface area contributed by atoms with Gasteiger partial charge in [0.25, 0.3) is 0 Å². The van der Waals surface area contributed by atoms with Crippen LogP contribution in [0.25, 0.3) is 0 Å². The van der Waals surface area contributed by atoms with E-state index in [-0.39, 0.29) is 47.3 Å². The minimum atomic E-state index is -0.380. The number of benzene rings is 1. The summed E-state index contributed by atoms with van der Waals surface area (Å²) in [5, 5.41) is 10.9. The molecular weight excluding hydrogens is 514 g/mol. The van der Waals surface area contributed by atoms with Gasteiger partial charge in [0.2, 0.25) is 0 Å². The highest BCUT2D eigenvalue weighted by molar-refractivity contribution is 14.0. The molecule has 0 fully saturated rings.